The van der Waals surface area contributed by atoms with E-state index in [4.69, 9.17) is 16.3 Å². The van der Waals surface area contributed by atoms with Crippen LogP contribution >= 0.6 is 11.6 Å². The van der Waals surface area contributed by atoms with E-state index in [2.05, 4.69) is 4.99 Å². The lowest BCUT2D eigenvalue weighted by Gasteiger charge is -2.18. The molecule has 0 fully saturated rings. The van der Waals surface area contributed by atoms with Gasteiger partial charge in [-0.05, 0) is 42.0 Å². The molecule has 0 aromatic heterocycles. The second-order valence-corrected chi connectivity index (χ2v) is 8.38. The van der Waals surface area contributed by atoms with E-state index in [1.54, 1.807) is 56.3 Å². The Morgan fingerprint density at radius 2 is 1.79 bits per heavy atom. The van der Waals surface area contributed by atoms with Gasteiger partial charge < -0.3 is 4.74 Å². The van der Waals surface area contributed by atoms with Crippen LogP contribution in [0.2, 0.25) is 5.02 Å². The number of rotatable bonds is 6. The Bertz CT molecular complexity index is 1060. The van der Waals surface area contributed by atoms with E-state index in [0.717, 1.165) is 5.56 Å². The molecule has 0 radical (unpaired) electrons. The highest BCUT2D eigenvalue weighted by atomic mass is 35.5. The van der Waals surface area contributed by atoms with Gasteiger partial charge in [-0.2, -0.15) is 4.31 Å². The second-order valence-electron chi connectivity index (χ2n) is 6.00. The number of carbonyl (C=O) groups excluding carboxylic acids is 1. The number of halogens is 1. The smallest absolute Gasteiger partial charge is 0.363 e. The summed E-state index contributed by atoms with van der Waals surface area (Å²) in [5, 5.41) is 0.589. The Hall–Kier alpha value is -2.48. The molecule has 0 amide bonds. The number of benzene rings is 2. The molecular formula is C20H19ClN2O4S. The average Bonchev–Trinajstić information content (AvgIpc) is 3.05. The lowest BCUT2D eigenvalue weighted by Crippen LogP contribution is -2.30. The summed E-state index contributed by atoms with van der Waals surface area (Å²) in [6.45, 7) is 4.29. The van der Waals surface area contributed by atoms with Crippen LogP contribution in [0.5, 0.6) is 0 Å². The first kappa shape index (κ1) is 20.3. The first-order valence-corrected chi connectivity index (χ1v) is 10.6. The van der Waals surface area contributed by atoms with E-state index in [-0.39, 0.29) is 16.5 Å². The van der Waals surface area contributed by atoms with Crippen LogP contribution < -0.4 is 0 Å². The van der Waals surface area contributed by atoms with Gasteiger partial charge in [0.1, 0.15) is 0 Å². The standard InChI is InChI=1S/C20H19ClN2O4S/c1-3-23(4-2)28(25,26)17-7-5-6-15(13-17)19-22-18(20(24)27-19)12-14-8-10-16(21)11-9-14/h5-13H,3-4H2,1-2H3/b18-12-. The van der Waals surface area contributed by atoms with Crippen molar-refractivity contribution in [3.63, 3.8) is 0 Å². The van der Waals surface area contributed by atoms with Gasteiger partial charge in [0, 0.05) is 23.7 Å². The Morgan fingerprint density at radius 3 is 2.43 bits per heavy atom. The number of sulfonamides is 1. The number of hydrogen-bond acceptors (Lipinski definition) is 5. The summed E-state index contributed by atoms with van der Waals surface area (Å²) in [5.41, 5.74) is 1.30. The Morgan fingerprint density at radius 1 is 1.11 bits per heavy atom. The average molecular weight is 419 g/mol. The molecule has 0 N–H and O–H groups in total. The van der Waals surface area contributed by atoms with Crippen molar-refractivity contribution in [3.8, 4) is 0 Å². The van der Waals surface area contributed by atoms with Crippen molar-refractivity contribution in [2.45, 2.75) is 18.7 Å². The molecule has 2 aromatic carbocycles. The third kappa shape index (κ3) is 4.16. The molecule has 0 bridgehead atoms. The largest absolute Gasteiger partial charge is 0.402 e. The maximum Gasteiger partial charge on any atom is 0.363 e. The van der Waals surface area contributed by atoms with E-state index >= 15 is 0 Å². The van der Waals surface area contributed by atoms with E-state index in [1.165, 1.54) is 16.4 Å². The van der Waals surface area contributed by atoms with Gasteiger partial charge in [0.15, 0.2) is 5.70 Å². The molecular weight excluding hydrogens is 400 g/mol. The van der Waals surface area contributed by atoms with E-state index in [9.17, 15) is 13.2 Å². The molecule has 28 heavy (non-hydrogen) atoms. The third-order valence-corrected chi connectivity index (χ3v) is 6.52. The number of hydrogen-bond donors (Lipinski definition) is 0. The minimum absolute atomic E-state index is 0.0711. The van der Waals surface area contributed by atoms with Crippen LogP contribution in [0.4, 0.5) is 0 Å². The van der Waals surface area contributed by atoms with Crippen LogP contribution in [0.3, 0.4) is 0 Å². The van der Waals surface area contributed by atoms with Crippen molar-refractivity contribution in [1.29, 1.82) is 0 Å². The van der Waals surface area contributed by atoms with Crippen LogP contribution in [-0.4, -0.2) is 37.7 Å². The van der Waals surface area contributed by atoms with E-state index in [0.29, 0.717) is 23.7 Å². The number of aliphatic imine (C=N–C) groups is 1. The van der Waals surface area contributed by atoms with Gasteiger partial charge in [0.2, 0.25) is 15.9 Å². The first-order valence-electron chi connectivity index (χ1n) is 8.74. The first-order chi connectivity index (χ1) is 13.3. The van der Waals surface area contributed by atoms with Gasteiger partial charge in [0.05, 0.1) is 4.90 Å². The molecule has 8 heteroatoms. The molecule has 2 aromatic rings. The van der Waals surface area contributed by atoms with Gasteiger partial charge in [-0.1, -0.05) is 43.6 Å². The Kier molecular flexibility index (Phi) is 5.98. The zero-order valence-electron chi connectivity index (χ0n) is 15.4. The highest BCUT2D eigenvalue weighted by molar-refractivity contribution is 7.89. The SMILES string of the molecule is CCN(CC)S(=O)(=O)c1cccc(C2=N/C(=C\c3ccc(Cl)cc3)C(=O)O2)c1. The maximum atomic E-state index is 12.7. The minimum Gasteiger partial charge on any atom is -0.402 e. The molecule has 0 atom stereocenters. The monoisotopic (exact) mass is 418 g/mol. The van der Waals surface area contributed by atoms with Crippen LogP contribution in [0.25, 0.3) is 6.08 Å². The van der Waals surface area contributed by atoms with Crippen LogP contribution in [0.15, 0.2) is 64.1 Å². The number of nitrogens with zero attached hydrogens (tertiary/aromatic N) is 2. The van der Waals surface area contributed by atoms with Gasteiger partial charge in [-0.15, -0.1) is 0 Å². The van der Waals surface area contributed by atoms with Crippen LogP contribution in [0, 0.1) is 0 Å². The minimum atomic E-state index is -3.62. The topological polar surface area (TPSA) is 76.0 Å². The Balaban J connectivity index is 1.94. The molecule has 146 valence electrons. The summed E-state index contributed by atoms with van der Waals surface area (Å²) in [4.78, 5) is 16.5. The lowest BCUT2D eigenvalue weighted by molar-refractivity contribution is -0.129. The maximum absolute atomic E-state index is 12.7. The molecule has 0 unspecified atom stereocenters. The van der Waals surface area contributed by atoms with Crippen LogP contribution in [-0.2, 0) is 19.6 Å². The molecule has 0 aliphatic carbocycles. The molecule has 1 heterocycles. The van der Waals surface area contributed by atoms with E-state index in [1.807, 2.05) is 0 Å². The van der Waals surface area contributed by atoms with E-state index < -0.39 is 16.0 Å². The predicted octanol–water partition coefficient (Wildman–Crippen LogP) is 3.72. The van der Waals surface area contributed by atoms with Gasteiger partial charge in [-0.25, -0.2) is 18.2 Å². The Labute approximate surface area is 169 Å². The zero-order chi connectivity index (χ0) is 20.3. The third-order valence-electron chi connectivity index (χ3n) is 4.22. The second kappa shape index (κ2) is 8.26. The van der Waals surface area contributed by atoms with Crippen molar-refractivity contribution in [1.82, 2.24) is 4.31 Å². The summed E-state index contributed by atoms with van der Waals surface area (Å²) in [5.74, 6) is -0.524. The fraction of sp³-hybridized carbons (Fsp3) is 0.200. The predicted molar refractivity (Wildman–Crippen MR) is 109 cm³/mol. The number of esters is 1. The van der Waals surface area contributed by atoms with Crippen molar-refractivity contribution in [2.24, 2.45) is 4.99 Å². The quantitative estimate of drug-likeness (QED) is 0.529. The summed E-state index contributed by atoms with van der Waals surface area (Å²) in [6.07, 6.45) is 1.59. The van der Waals surface area contributed by atoms with Crippen molar-refractivity contribution in [3.05, 3.63) is 70.4 Å². The molecule has 1 aliphatic rings. The molecule has 0 saturated heterocycles. The van der Waals surface area contributed by atoms with Crippen LogP contribution in [0.1, 0.15) is 25.0 Å². The molecule has 1 aliphatic heterocycles. The normalized spacial score (nSPS) is 15.8. The van der Waals surface area contributed by atoms with Gasteiger partial charge in [0.25, 0.3) is 0 Å². The van der Waals surface area contributed by atoms with Crippen molar-refractivity contribution >= 4 is 39.6 Å². The summed E-state index contributed by atoms with van der Waals surface area (Å²) < 4.78 is 32.0. The highest BCUT2D eigenvalue weighted by Gasteiger charge is 2.27. The number of cyclic esters (lactones) is 1. The van der Waals surface area contributed by atoms with Crippen molar-refractivity contribution < 1.29 is 17.9 Å². The van der Waals surface area contributed by atoms with Gasteiger partial charge >= 0.3 is 5.97 Å². The molecule has 6 nitrogen and oxygen atoms in total. The highest BCUT2D eigenvalue weighted by Crippen LogP contribution is 2.23. The summed E-state index contributed by atoms with van der Waals surface area (Å²) in [6, 6.07) is 13.2. The summed E-state index contributed by atoms with van der Waals surface area (Å²) >= 11 is 5.86. The molecule has 0 saturated carbocycles. The molecule has 0 spiro atoms. The zero-order valence-corrected chi connectivity index (χ0v) is 17.0. The van der Waals surface area contributed by atoms with Gasteiger partial charge in [-0.3, -0.25) is 0 Å². The molecule has 3 rings (SSSR count). The summed E-state index contributed by atoms with van der Waals surface area (Å²) in [7, 11) is -3.62. The number of ether oxygens (including phenoxy) is 1. The fourth-order valence-electron chi connectivity index (χ4n) is 2.75. The number of carbonyl (C=O) groups is 1. The van der Waals surface area contributed by atoms with Crippen molar-refractivity contribution in [2.75, 3.05) is 13.1 Å². The lowest BCUT2D eigenvalue weighted by atomic mass is 10.2. The fourth-order valence-corrected chi connectivity index (χ4v) is 4.38.